The van der Waals surface area contributed by atoms with Crippen LogP contribution >= 0.6 is 0 Å². The van der Waals surface area contributed by atoms with Gasteiger partial charge in [0.05, 0.1) is 4.92 Å². The summed E-state index contributed by atoms with van der Waals surface area (Å²) in [6.45, 7) is 0. The minimum Gasteiger partial charge on any atom is -0.455 e. The van der Waals surface area contributed by atoms with Gasteiger partial charge in [-0.1, -0.05) is 12.1 Å². The van der Waals surface area contributed by atoms with E-state index in [4.69, 9.17) is 9.47 Å². The lowest BCUT2D eigenvalue weighted by Gasteiger charge is -2.09. The molecule has 0 amide bonds. The van der Waals surface area contributed by atoms with Crippen LogP contribution in [0.15, 0.2) is 36.8 Å². The Hall–Kier alpha value is -2.04. The minimum absolute atomic E-state index is 0.00111. The number of para-hydroxylation sites is 1. The number of benzene rings is 1. The van der Waals surface area contributed by atoms with Gasteiger partial charge < -0.3 is 9.47 Å². The highest BCUT2D eigenvalue weighted by Crippen LogP contribution is 2.30. The first-order valence-corrected chi connectivity index (χ1v) is 3.98. The Morgan fingerprint density at radius 1 is 1.21 bits per heavy atom. The minimum atomic E-state index is -0.698. The van der Waals surface area contributed by atoms with Crippen molar-refractivity contribution in [2.75, 3.05) is 0 Å². The van der Waals surface area contributed by atoms with Gasteiger partial charge in [0, 0.05) is 6.07 Å². The zero-order valence-electron chi connectivity index (χ0n) is 7.12. The highest BCUT2D eigenvalue weighted by Gasteiger charge is 2.24. The van der Waals surface area contributed by atoms with Gasteiger partial charge in [-0.05, 0) is 6.07 Å². The SMILES string of the molecule is O=[N+]([O-])c1ccccc1C1OC=CO1. The Bertz CT molecular complexity index is 380. The maximum atomic E-state index is 10.7. The zero-order valence-corrected chi connectivity index (χ0v) is 7.12. The summed E-state index contributed by atoms with van der Waals surface area (Å²) >= 11 is 0. The van der Waals surface area contributed by atoms with Gasteiger partial charge >= 0.3 is 0 Å². The Labute approximate surface area is 79.7 Å². The normalized spacial score (nSPS) is 14.9. The van der Waals surface area contributed by atoms with Crippen LogP contribution in [0.4, 0.5) is 5.69 Å². The van der Waals surface area contributed by atoms with Gasteiger partial charge in [-0.15, -0.1) is 0 Å². The molecule has 14 heavy (non-hydrogen) atoms. The van der Waals surface area contributed by atoms with Crippen molar-refractivity contribution in [3.8, 4) is 0 Å². The van der Waals surface area contributed by atoms with Gasteiger partial charge in [0.15, 0.2) is 0 Å². The molecule has 5 nitrogen and oxygen atoms in total. The first-order chi connectivity index (χ1) is 6.79. The molecule has 0 unspecified atom stereocenters. The molecular formula is C9H7NO4. The number of nitrogens with zero attached hydrogens (tertiary/aromatic N) is 1. The van der Waals surface area contributed by atoms with E-state index in [0.717, 1.165) is 0 Å². The van der Waals surface area contributed by atoms with E-state index in [1.165, 1.54) is 18.6 Å². The van der Waals surface area contributed by atoms with E-state index >= 15 is 0 Å². The van der Waals surface area contributed by atoms with Gasteiger partial charge in [-0.3, -0.25) is 10.1 Å². The quantitative estimate of drug-likeness (QED) is 0.533. The van der Waals surface area contributed by atoms with E-state index in [-0.39, 0.29) is 5.69 Å². The van der Waals surface area contributed by atoms with Crippen molar-refractivity contribution < 1.29 is 14.4 Å². The summed E-state index contributed by atoms with van der Waals surface area (Å²) < 4.78 is 10.0. The molecule has 5 heteroatoms. The predicted octanol–water partition coefficient (Wildman–Crippen LogP) is 2.11. The Morgan fingerprint density at radius 2 is 1.86 bits per heavy atom. The Morgan fingerprint density at radius 3 is 2.50 bits per heavy atom. The molecule has 0 radical (unpaired) electrons. The maximum Gasteiger partial charge on any atom is 0.280 e. The van der Waals surface area contributed by atoms with Crippen LogP contribution in [0.5, 0.6) is 0 Å². The molecule has 1 aromatic rings. The average molecular weight is 193 g/mol. The smallest absolute Gasteiger partial charge is 0.280 e. The fourth-order valence-corrected chi connectivity index (χ4v) is 1.24. The Balaban J connectivity index is 2.36. The van der Waals surface area contributed by atoms with Crippen LogP contribution < -0.4 is 0 Å². The van der Waals surface area contributed by atoms with E-state index in [0.29, 0.717) is 5.56 Å². The van der Waals surface area contributed by atoms with E-state index in [1.54, 1.807) is 18.2 Å². The number of ether oxygens (including phenoxy) is 2. The third-order valence-electron chi connectivity index (χ3n) is 1.85. The van der Waals surface area contributed by atoms with E-state index in [1.807, 2.05) is 0 Å². The zero-order chi connectivity index (χ0) is 9.97. The lowest BCUT2D eigenvalue weighted by atomic mass is 10.2. The third kappa shape index (κ3) is 1.39. The van der Waals surface area contributed by atoms with Crippen molar-refractivity contribution in [2.45, 2.75) is 6.29 Å². The second-order valence-corrected chi connectivity index (χ2v) is 2.69. The highest BCUT2D eigenvalue weighted by molar-refractivity contribution is 5.40. The number of rotatable bonds is 2. The summed E-state index contributed by atoms with van der Waals surface area (Å²) in [4.78, 5) is 10.2. The van der Waals surface area contributed by atoms with Gasteiger partial charge in [0.2, 0.25) is 0 Å². The van der Waals surface area contributed by atoms with E-state index in [2.05, 4.69) is 0 Å². The molecule has 0 atom stereocenters. The van der Waals surface area contributed by atoms with Crippen LogP contribution in [0.25, 0.3) is 0 Å². The lowest BCUT2D eigenvalue weighted by Crippen LogP contribution is -2.02. The molecule has 0 fully saturated rings. The molecule has 0 aromatic heterocycles. The number of nitro benzene ring substituents is 1. The summed E-state index contributed by atoms with van der Waals surface area (Å²) in [5.41, 5.74) is 0.420. The molecule has 0 spiro atoms. The number of nitro groups is 1. The molecule has 1 aliphatic heterocycles. The second-order valence-electron chi connectivity index (χ2n) is 2.69. The predicted molar refractivity (Wildman–Crippen MR) is 47.1 cm³/mol. The van der Waals surface area contributed by atoms with Crippen LogP contribution in [0.2, 0.25) is 0 Å². The second kappa shape index (κ2) is 3.37. The van der Waals surface area contributed by atoms with Gasteiger partial charge in [0.25, 0.3) is 12.0 Å². The van der Waals surface area contributed by atoms with E-state index < -0.39 is 11.2 Å². The molecule has 72 valence electrons. The van der Waals surface area contributed by atoms with Crippen molar-refractivity contribution in [1.82, 2.24) is 0 Å². The van der Waals surface area contributed by atoms with Gasteiger partial charge in [0.1, 0.15) is 18.1 Å². The topological polar surface area (TPSA) is 61.6 Å². The van der Waals surface area contributed by atoms with Crippen molar-refractivity contribution >= 4 is 5.69 Å². The highest BCUT2D eigenvalue weighted by atomic mass is 16.7. The van der Waals surface area contributed by atoms with Crippen molar-refractivity contribution in [2.24, 2.45) is 0 Å². The monoisotopic (exact) mass is 193 g/mol. The average Bonchev–Trinajstić information content (AvgIpc) is 2.70. The summed E-state index contributed by atoms with van der Waals surface area (Å²) in [6, 6.07) is 6.33. The Kier molecular flexibility index (Phi) is 2.06. The van der Waals surface area contributed by atoms with Crippen LogP contribution in [0.1, 0.15) is 11.9 Å². The molecule has 0 N–H and O–H groups in total. The largest absolute Gasteiger partial charge is 0.455 e. The van der Waals surface area contributed by atoms with Gasteiger partial charge in [-0.25, -0.2) is 0 Å². The summed E-state index contributed by atoms with van der Waals surface area (Å²) in [5, 5.41) is 10.7. The van der Waals surface area contributed by atoms with Crippen LogP contribution in [0.3, 0.4) is 0 Å². The molecule has 1 aromatic carbocycles. The third-order valence-corrected chi connectivity index (χ3v) is 1.85. The summed E-state index contributed by atoms with van der Waals surface area (Å²) in [7, 11) is 0. The lowest BCUT2D eigenvalue weighted by molar-refractivity contribution is -0.386. The summed E-state index contributed by atoms with van der Waals surface area (Å²) in [6.07, 6.45) is 2.03. The standard InChI is InChI=1S/C9H7NO4/c11-10(12)8-4-2-1-3-7(8)9-13-5-6-14-9/h1-6,9H. The molecular weight excluding hydrogens is 186 g/mol. The molecule has 0 saturated carbocycles. The van der Waals surface area contributed by atoms with Crippen LogP contribution in [0, 0.1) is 10.1 Å². The van der Waals surface area contributed by atoms with Crippen LogP contribution in [-0.2, 0) is 9.47 Å². The van der Waals surface area contributed by atoms with Crippen molar-refractivity contribution in [3.63, 3.8) is 0 Å². The van der Waals surface area contributed by atoms with Crippen molar-refractivity contribution in [3.05, 3.63) is 52.5 Å². The molecule has 0 bridgehead atoms. The summed E-state index contributed by atoms with van der Waals surface area (Å²) in [5.74, 6) is 0. The number of hydrogen-bond acceptors (Lipinski definition) is 4. The fourth-order valence-electron chi connectivity index (χ4n) is 1.24. The first kappa shape index (κ1) is 8.55. The van der Waals surface area contributed by atoms with Crippen LogP contribution in [-0.4, -0.2) is 4.92 Å². The maximum absolute atomic E-state index is 10.7. The van der Waals surface area contributed by atoms with Gasteiger partial charge in [-0.2, -0.15) is 0 Å². The molecule has 1 aliphatic rings. The van der Waals surface area contributed by atoms with Crippen molar-refractivity contribution in [1.29, 1.82) is 0 Å². The molecule has 0 aliphatic carbocycles. The first-order valence-electron chi connectivity index (χ1n) is 3.98. The number of hydrogen-bond donors (Lipinski definition) is 0. The molecule has 0 saturated heterocycles. The molecule has 2 rings (SSSR count). The fraction of sp³-hybridized carbons (Fsp3) is 0.111. The van der Waals surface area contributed by atoms with E-state index in [9.17, 15) is 10.1 Å². The molecule has 1 heterocycles.